The van der Waals surface area contributed by atoms with Crippen molar-refractivity contribution in [1.29, 1.82) is 0 Å². The molecule has 0 radical (unpaired) electrons. The first kappa shape index (κ1) is 16.9. The monoisotopic (exact) mass is 299 g/mol. The van der Waals surface area contributed by atoms with Crippen molar-refractivity contribution in [2.75, 3.05) is 13.1 Å². The highest BCUT2D eigenvalue weighted by atomic mass is 16.4. The maximum Gasteiger partial charge on any atom is 0.325 e. The molecule has 1 heterocycles. The molecule has 0 saturated carbocycles. The molecule has 1 aliphatic rings. The van der Waals surface area contributed by atoms with E-state index in [0.717, 1.165) is 4.90 Å². The van der Waals surface area contributed by atoms with Gasteiger partial charge in [0.15, 0.2) is 0 Å². The molecule has 0 aromatic heterocycles. The molecule has 0 bridgehead atoms. The molecule has 1 saturated heterocycles. The molecule has 0 aliphatic carbocycles. The fourth-order valence-corrected chi connectivity index (χ4v) is 1.88. The normalized spacial score (nSPS) is 22.9. The van der Waals surface area contributed by atoms with Crippen molar-refractivity contribution in [3.63, 3.8) is 0 Å². The number of nitrogens with one attached hydrogen (secondary N) is 2. The molecule has 1 aliphatic heterocycles. The Bertz CT molecular complexity index is 465. The maximum absolute atomic E-state index is 12.1. The minimum absolute atomic E-state index is 0.182. The Hall–Kier alpha value is -2.12. The summed E-state index contributed by atoms with van der Waals surface area (Å²) in [5.74, 6) is -2.41. The molecule has 0 aromatic carbocycles. The number of hydrogen-bond acceptors (Lipinski definition) is 4. The van der Waals surface area contributed by atoms with Crippen molar-refractivity contribution in [1.82, 2.24) is 15.5 Å². The van der Waals surface area contributed by atoms with E-state index in [-0.39, 0.29) is 19.5 Å². The largest absolute Gasteiger partial charge is 0.481 e. The van der Waals surface area contributed by atoms with E-state index in [1.54, 1.807) is 20.8 Å². The van der Waals surface area contributed by atoms with Gasteiger partial charge >= 0.3 is 12.0 Å². The Morgan fingerprint density at radius 2 is 2.05 bits per heavy atom. The number of hydrogen-bond donors (Lipinski definition) is 3. The fourth-order valence-electron chi connectivity index (χ4n) is 1.88. The van der Waals surface area contributed by atoms with Gasteiger partial charge in [-0.2, -0.15) is 0 Å². The van der Waals surface area contributed by atoms with Gasteiger partial charge in [0.2, 0.25) is 5.91 Å². The van der Waals surface area contributed by atoms with Crippen LogP contribution in [0.15, 0.2) is 0 Å². The Morgan fingerprint density at radius 1 is 1.43 bits per heavy atom. The van der Waals surface area contributed by atoms with Crippen molar-refractivity contribution < 1.29 is 24.3 Å². The van der Waals surface area contributed by atoms with E-state index in [4.69, 9.17) is 5.11 Å². The van der Waals surface area contributed by atoms with Crippen LogP contribution in [0.5, 0.6) is 0 Å². The first-order chi connectivity index (χ1) is 9.71. The number of urea groups is 1. The van der Waals surface area contributed by atoms with E-state index in [2.05, 4.69) is 10.6 Å². The summed E-state index contributed by atoms with van der Waals surface area (Å²) in [5, 5.41) is 13.8. The second-order valence-corrected chi connectivity index (χ2v) is 5.39. The van der Waals surface area contributed by atoms with Crippen molar-refractivity contribution in [3.05, 3.63) is 0 Å². The van der Waals surface area contributed by atoms with Crippen molar-refractivity contribution in [2.24, 2.45) is 5.92 Å². The third-order valence-electron chi connectivity index (χ3n) is 3.68. The lowest BCUT2D eigenvalue weighted by Gasteiger charge is -2.19. The second kappa shape index (κ2) is 6.55. The van der Waals surface area contributed by atoms with E-state index in [1.807, 2.05) is 0 Å². The van der Waals surface area contributed by atoms with Crippen molar-refractivity contribution in [2.45, 2.75) is 39.2 Å². The van der Waals surface area contributed by atoms with Crippen LogP contribution in [0.25, 0.3) is 0 Å². The smallest absolute Gasteiger partial charge is 0.325 e. The molecule has 0 spiro atoms. The third-order valence-corrected chi connectivity index (χ3v) is 3.68. The molecule has 8 nitrogen and oxygen atoms in total. The zero-order valence-electron chi connectivity index (χ0n) is 12.4. The van der Waals surface area contributed by atoms with Crippen LogP contribution in [-0.2, 0) is 14.4 Å². The highest BCUT2D eigenvalue weighted by Crippen LogP contribution is 2.20. The molecule has 1 fully saturated rings. The number of aliphatic carboxylic acids is 1. The third kappa shape index (κ3) is 3.93. The van der Waals surface area contributed by atoms with Crippen LogP contribution >= 0.6 is 0 Å². The van der Waals surface area contributed by atoms with Gasteiger partial charge in [0.25, 0.3) is 5.91 Å². The summed E-state index contributed by atoms with van der Waals surface area (Å²) in [6.45, 7) is 4.75. The van der Waals surface area contributed by atoms with E-state index in [0.29, 0.717) is 6.42 Å². The number of amides is 4. The minimum atomic E-state index is -0.963. The van der Waals surface area contributed by atoms with Crippen LogP contribution in [0.2, 0.25) is 0 Å². The molecule has 21 heavy (non-hydrogen) atoms. The Balaban J connectivity index is 2.47. The van der Waals surface area contributed by atoms with Crippen LogP contribution in [0.1, 0.15) is 33.6 Å². The number of carbonyl (C=O) groups is 4. The molecular weight excluding hydrogens is 278 g/mol. The average molecular weight is 299 g/mol. The Labute approximate surface area is 122 Å². The molecule has 0 aromatic rings. The van der Waals surface area contributed by atoms with Crippen LogP contribution < -0.4 is 10.6 Å². The lowest BCUT2D eigenvalue weighted by atomic mass is 9.99. The van der Waals surface area contributed by atoms with Gasteiger partial charge in [-0.15, -0.1) is 0 Å². The zero-order chi connectivity index (χ0) is 16.2. The molecule has 4 amide bonds. The summed E-state index contributed by atoms with van der Waals surface area (Å²) in [5.41, 5.74) is -0.963. The Kier molecular flexibility index (Phi) is 5.28. The zero-order valence-corrected chi connectivity index (χ0v) is 12.4. The molecule has 3 N–H and O–H groups in total. The van der Waals surface area contributed by atoms with Crippen LogP contribution in [-0.4, -0.2) is 52.4 Å². The van der Waals surface area contributed by atoms with Crippen LogP contribution in [0.3, 0.4) is 0 Å². The number of nitrogens with zero attached hydrogens (tertiary/aromatic N) is 1. The molecule has 2 atom stereocenters. The number of carbonyl (C=O) groups excluding carboxylic acids is 3. The van der Waals surface area contributed by atoms with Crippen molar-refractivity contribution in [3.8, 4) is 0 Å². The standard InChI is InChI=1S/C13H21N3O5/c1-4-13(3)11(20)16(12(21)15-13)7-9(17)14-6-5-8(2)10(18)19/h8H,4-7H2,1-3H3,(H,14,17)(H,15,21)(H,18,19). The Morgan fingerprint density at radius 3 is 2.52 bits per heavy atom. The number of carboxylic acid groups (broad SMARTS) is 1. The van der Waals surface area contributed by atoms with E-state index >= 15 is 0 Å². The van der Waals surface area contributed by atoms with Gasteiger partial charge in [-0.25, -0.2) is 4.79 Å². The lowest BCUT2D eigenvalue weighted by molar-refractivity contribution is -0.141. The second-order valence-electron chi connectivity index (χ2n) is 5.39. The average Bonchev–Trinajstić information content (AvgIpc) is 2.63. The van der Waals surface area contributed by atoms with Gasteiger partial charge in [-0.3, -0.25) is 19.3 Å². The summed E-state index contributed by atoms with van der Waals surface area (Å²) in [7, 11) is 0. The van der Waals surface area contributed by atoms with Gasteiger partial charge in [0, 0.05) is 6.54 Å². The molecule has 2 unspecified atom stereocenters. The van der Waals surface area contributed by atoms with Gasteiger partial charge < -0.3 is 15.7 Å². The highest BCUT2D eigenvalue weighted by molar-refractivity contribution is 6.08. The van der Waals surface area contributed by atoms with Crippen LogP contribution in [0, 0.1) is 5.92 Å². The topological polar surface area (TPSA) is 116 Å². The first-order valence-electron chi connectivity index (χ1n) is 6.85. The summed E-state index contributed by atoms with van der Waals surface area (Å²) in [4.78, 5) is 47.0. The minimum Gasteiger partial charge on any atom is -0.481 e. The van der Waals surface area contributed by atoms with E-state index < -0.39 is 35.3 Å². The summed E-state index contributed by atoms with van der Waals surface area (Å²) in [6, 6.07) is -0.585. The summed E-state index contributed by atoms with van der Waals surface area (Å²) >= 11 is 0. The fraction of sp³-hybridized carbons (Fsp3) is 0.692. The van der Waals surface area contributed by atoms with Gasteiger partial charge in [0.1, 0.15) is 12.1 Å². The molecule has 118 valence electrons. The highest BCUT2D eigenvalue weighted by Gasteiger charge is 2.46. The van der Waals surface area contributed by atoms with Gasteiger partial charge in [-0.05, 0) is 19.8 Å². The van der Waals surface area contributed by atoms with E-state index in [9.17, 15) is 19.2 Å². The maximum atomic E-state index is 12.1. The van der Waals surface area contributed by atoms with Crippen molar-refractivity contribution >= 4 is 23.8 Å². The lowest BCUT2D eigenvalue weighted by Crippen LogP contribution is -2.44. The molecule has 8 heteroatoms. The number of imide groups is 1. The van der Waals surface area contributed by atoms with Gasteiger partial charge in [-0.1, -0.05) is 13.8 Å². The molecular formula is C13H21N3O5. The van der Waals surface area contributed by atoms with Crippen LogP contribution in [0.4, 0.5) is 4.79 Å². The summed E-state index contributed by atoms with van der Waals surface area (Å²) in [6.07, 6.45) is 0.722. The summed E-state index contributed by atoms with van der Waals surface area (Å²) < 4.78 is 0. The molecule has 1 rings (SSSR count). The first-order valence-corrected chi connectivity index (χ1v) is 6.85. The predicted octanol–water partition coefficient (Wildman–Crippen LogP) is -0.0661. The quantitative estimate of drug-likeness (QED) is 0.569. The number of carboxylic acids is 1. The van der Waals surface area contributed by atoms with E-state index in [1.165, 1.54) is 0 Å². The number of rotatable bonds is 7. The van der Waals surface area contributed by atoms with Gasteiger partial charge in [0.05, 0.1) is 5.92 Å². The SMILES string of the molecule is CCC1(C)NC(=O)N(CC(=O)NCCC(C)C(=O)O)C1=O. The predicted molar refractivity (Wildman–Crippen MR) is 73.4 cm³/mol.